The Morgan fingerprint density at radius 3 is 2.52 bits per heavy atom. The Hall–Kier alpha value is -1.62. The SMILES string of the molecule is CCCNc1cc(Nc2ccc(Br)c(C)c2)nc(CC)n1. The van der Waals surface area contributed by atoms with Gasteiger partial charge in [0.05, 0.1) is 0 Å². The zero-order valence-corrected chi connectivity index (χ0v) is 14.3. The maximum atomic E-state index is 4.53. The molecule has 0 saturated heterocycles. The summed E-state index contributed by atoms with van der Waals surface area (Å²) < 4.78 is 1.11. The first kappa shape index (κ1) is 15.8. The molecule has 2 rings (SSSR count). The van der Waals surface area contributed by atoms with Crippen LogP contribution in [0.4, 0.5) is 17.3 Å². The average Bonchev–Trinajstić information content (AvgIpc) is 2.48. The van der Waals surface area contributed by atoms with E-state index >= 15 is 0 Å². The van der Waals surface area contributed by atoms with E-state index in [1.54, 1.807) is 0 Å². The zero-order valence-electron chi connectivity index (χ0n) is 12.7. The fourth-order valence-corrected chi connectivity index (χ4v) is 2.18. The highest BCUT2D eigenvalue weighted by molar-refractivity contribution is 9.10. The first-order chi connectivity index (χ1) is 10.1. The molecule has 0 saturated carbocycles. The van der Waals surface area contributed by atoms with E-state index in [0.717, 1.165) is 47.0 Å². The lowest BCUT2D eigenvalue weighted by atomic mass is 10.2. The highest BCUT2D eigenvalue weighted by Gasteiger charge is 2.04. The minimum atomic E-state index is 0.815. The fourth-order valence-electron chi connectivity index (χ4n) is 1.93. The Morgan fingerprint density at radius 1 is 1.10 bits per heavy atom. The van der Waals surface area contributed by atoms with Gasteiger partial charge in [-0.25, -0.2) is 9.97 Å². The number of halogens is 1. The molecule has 0 amide bonds. The molecule has 0 unspecified atom stereocenters. The van der Waals surface area contributed by atoms with E-state index in [2.05, 4.69) is 63.4 Å². The molecule has 0 atom stereocenters. The molecule has 0 spiro atoms. The third-order valence-electron chi connectivity index (χ3n) is 3.08. The summed E-state index contributed by atoms with van der Waals surface area (Å²) in [6, 6.07) is 8.11. The van der Waals surface area contributed by atoms with Crippen molar-refractivity contribution in [1.29, 1.82) is 0 Å². The Kier molecular flexibility index (Phi) is 5.56. The van der Waals surface area contributed by atoms with E-state index in [1.165, 1.54) is 5.56 Å². The minimum Gasteiger partial charge on any atom is -0.370 e. The van der Waals surface area contributed by atoms with Gasteiger partial charge in [0.25, 0.3) is 0 Å². The van der Waals surface area contributed by atoms with Crippen molar-refractivity contribution < 1.29 is 0 Å². The summed E-state index contributed by atoms with van der Waals surface area (Å²) >= 11 is 3.51. The molecule has 21 heavy (non-hydrogen) atoms. The molecule has 5 heteroatoms. The van der Waals surface area contributed by atoms with Crippen LogP contribution in [0, 0.1) is 6.92 Å². The monoisotopic (exact) mass is 348 g/mol. The van der Waals surface area contributed by atoms with E-state index in [9.17, 15) is 0 Å². The number of hydrogen-bond acceptors (Lipinski definition) is 4. The molecular weight excluding hydrogens is 328 g/mol. The van der Waals surface area contributed by atoms with Gasteiger partial charge < -0.3 is 10.6 Å². The van der Waals surface area contributed by atoms with Crippen LogP contribution in [0.2, 0.25) is 0 Å². The third-order valence-corrected chi connectivity index (χ3v) is 3.96. The van der Waals surface area contributed by atoms with Crippen LogP contribution in [0.15, 0.2) is 28.7 Å². The molecule has 1 aromatic heterocycles. The van der Waals surface area contributed by atoms with E-state index in [4.69, 9.17) is 0 Å². The molecule has 0 aliphatic carbocycles. The third kappa shape index (κ3) is 4.43. The maximum Gasteiger partial charge on any atom is 0.136 e. The van der Waals surface area contributed by atoms with Crippen LogP contribution in [0.3, 0.4) is 0 Å². The van der Waals surface area contributed by atoms with Crippen LogP contribution in [0.1, 0.15) is 31.7 Å². The van der Waals surface area contributed by atoms with Crippen molar-refractivity contribution in [2.24, 2.45) is 0 Å². The van der Waals surface area contributed by atoms with Crippen molar-refractivity contribution in [3.05, 3.63) is 40.1 Å². The van der Waals surface area contributed by atoms with Gasteiger partial charge in [-0.3, -0.25) is 0 Å². The standard InChI is InChI=1S/C16H21BrN4/c1-4-8-18-15-10-16(21-14(5-2)20-15)19-12-6-7-13(17)11(3)9-12/h6-7,9-10H,4-5,8H2,1-3H3,(H2,18,19,20,21). The van der Waals surface area contributed by atoms with E-state index in [-0.39, 0.29) is 0 Å². The Bertz CT molecular complexity index is 613. The van der Waals surface area contributed by atoms with Gasteiger partial charge in [0.2, 0.25) is 0 Å². The van der Waals surface area contributed by atoms with E-state index in [0.29, 0.717) is 0 Å². The van der Waals surface area contributed by atoms with Gasteiger partial charge in [-0.15, -0.1) is 0 Å². The van der Waals surface area contributed by atoms with Gasteiger partial charge in [0.1, 0.15) is 17.5 Å². The summed E-state index contributed by atoms with van der Waals surface area (Å²) in [5.41, 5.74) is 2.21. The van der Waals surface area contributed by atoms with Crippen molar-refractivity contribution in [1.82, 2.24) is 9.97 Å². The summed E-state index contributed by atoms with van der Waals surface area (Å²) in [6.45, 7) is 7.18. The second kappa shape index (κ2) is 7.41. The molecule has 0 aliphatic rings. The molecule has 0 aliphatic heterocycles. The Balaban J connectivity index is 2.23. The predicted molar refractivity (Wildman–Crippen MR) is 92.4 cm³/mol. The van der Waals surface area contributed by atoms with Gasteiger partial charge >= 0.3 is 0 Å². The minimum absolute atomic E-state index is 0.815. The number of benzene rings is 1. The van der Waals surface area contributed by atoms with Crippen LogP contribution >= 0.6 is 15.9 Å². The molecule has 0 bridgehead atoms. The quantitative estimate of drug-likeness (QED) is 0.795. The van der Waals surface area contributed by atoms with E-state index in [1.807, 2.05) is 18.2 Å². The summed E-state index contributed by atoms with van der Waals surface area (Å²) in [4.78, 5) is 9.03. The van der Waals surface area contributed by atoms with Gasteiger partial charge in [-0.2, -0.15) is 0 Å². The van der Waals surface area contributed by atoms with Crippen LogP contribution < -0.4 is 10.6 Å². The average molecular weight is 349 g/mol. The number of nitrogens with one attached hydrogen (secondary N) is 2. The summed E-state index contributed by atoms with van der Waals surface area (Å²) in [6.07, 6.45) is 1.88. The van der Waals surface area contributed by atoms with Gasteiger partial charge in [0, 0.05) is 29.2 Å². The normalized spacial score (nSPS) is 10.5. The van der Waals surface area contributed by atoms with Crippen LogP contribution in [-0.4, -0.2) is 16.5 Å². The topological polar surface area (TPSA) is 49.8 Å². The van der Waals surface area contributed by atoms with Crippen molar-refractivity contribution in [3.63, 3.8) is 0 Å². The molecule has 2 aromatic rings. The Morgan fingerprint density at radius 2 is 1.86 bits per heavy atom. The van der Waals surface area contributed by atoms with Gasteiger partial charge in [-0.1, -0.05) is 29.8 Å². The molecule has 1 aromatic carbocycles. The molecule has 4 nitrogen and oxygen atoms in total. The molecule has 112 valence electrons. The summed E-state index contributed by atoms with van der Waals surface area (Å²) in [5, 5.41) is 6.67. The highest BCUT2D eigenvalue weighted by Crippen LogP contribution is 2.23. The number of aryl methyl sites for hydroxylation is 2. The van der Waals surface area contributed by atoms with Crippen LogP contribution in [0.25, 0.3) is 0 Å². The summed E-state index contributed by atoms with van der Waals surface area (Å²) in [5.74, 6) is 2.54. The van der Waals surface area contributed by atoms with Crippen molar-refractivity contribution in [2.75, 3.05) is 17.2 Å². The Labute approximate surface area is 134 Å². The maximum absolute atomic E-state index is 4.53. The zero-order chi connectivity index (χ0) is 15.2. The smallest absolute Gasteiger partial charge is 0.136 e. The van der Waals surface area contributed by atoms with Crippen LogP contribution in [-0.2, 0) is 6.42 Å². The van der Waals surface area contributed by atoms with E-state index < -0.39 is 0 Å². The molecular formula is C16H21BrN4. The molecule has 0 radical (unpaired) electrons. The second-order valence-corrected chi connectivity index (χ2v) is 5.78. The lowest BCUT2D eigenvalue weighted by Crippen LogP contribution is -2.06. The van der Waals surface area contributed by atoms with Crippen molar-refractivity contribution in [2.45, 2.75) is 33.6 Å². The molecule has 0 fully saturated rings. The number of aromatic nitrogens is 2. The van der Waals surface area contributed by atoms with Crippen LogP contribution in [0.5, 0.6) is 0 Å². The van der Waals surface area contributed by atoms with Gasteiger partial charge in [-0.05, 0) is 37.1 Å². The number of rotatable bonds is 6. The van der Waals surface area contributed by atoms with Crippen molar-refractivity contribution in [3.8, 4) is 0 Å². The molecule has 2 N–H and O–H groups in total. The number of nitrogens with zero attached hydrogens (tertiary/aromatic N) is 2. The first-order valence-electron chi connectivity index (χ1n) is 7.27. The number of hydrogen-bond donors (Lipinski definition) is 2. The first-order valence-corrected chi connectivity index (χ1v) is 8.06. The fraction of sp³-hybridized carbons (Fsp3) is 0.375. The number of anilines is 3. The lowest BCUT2D eigenvalue weighted by Gasteiger charge is -2.11. The lowest BCUT2D eigenvalue weighted by molar-refractivity contribution is 0.919. The summed E-state index contributed by atoms with van der Waals surface area (Å²) in [7, 11) is 0. The predicted octanol–water partition coefficient (Wildman–Crippen LogP) is 4.68. The molecule has 1 heterocycles. The van der Waals surface area contributed by atoms with Crippen molar-refractivity contribution >= 4 is 33.3 Å². The van der Waals surface area contributed by atoms with Gasteiger partial charge in [0.15, 0.2) is 0 Å². The highest BCUT2D eigenvalue weighted by atomic mass is 79.9. The second-order valence-electron chi connectivity index (χ2n) is 4.92. The largest absolute Gasteiger partial charge is 0.370 e.